The van der Waals surface area contributed by atoms with Crippen LogP contribution in [0.1, 0.15) is 23.3 Å². The summed E-state index contributed by atoms with van der Waals surface area (Å²) in [5.41, 5.74) is 1.20. The van der Waals surface area contributed by atoms with Crippen molar-refractivity contribution in [3.63, 3.8) is 0 Å². The van der Waals surface area contributed by atoms with Gasteiger partial charge in [-0.25, -0.2) is 9.18 Å². The number of thiophene rings is 1. The topological polar surface area (TPSA) is 61.9 Å². The summed E-state index contributed by atoms with van der Waals surface area (Å²) in [7, 11) is 0. The number of hydrogen-bond acceptors (Lipinski definition) is 4. The Morgan fingerprint density at radius 3 is 2.56 bits per heavy atom. The fourth-order valence-corrected chi connectivity index (χ4v) is 5.11. The maximum Gasteiger partial charge on any atom is 0.322 e. The molecule has 3 aromatic rings. The van der Waals surface area contributed by atoms with Crippen LogP contribution >= 0.6 is 34.5 Å². The molecule has 2 aromatic carbocycles. The molecule has 1 fully saturated rings. The molecule has 1 aliphatic heterocycles. The smallest absolute Gasteiger partial charge is 0.322 e. The molecule has 0 spiro atoms. The van der Waals surface area contributed by atoms with Crippen LogP contribution < -0.4 is 5.32 Å². The molecule has 1 unspecified atom stereocenters. The second-order valence-electron chi connectivity index (χ2n) is 8.53. The maximum absolute atomic E-state index is 13.5. The monoisotopic (exact) mass is 549 g/mol. The molecule has 4 rings (SSSR count). The maximum atomic E-state index is 13.5. The Balaban J connectivity index is 1.52. The van der Waals surface area contributed by atoms with Gasteiger partial charge in [-0.15, -0.1) is 11.3 Å². The van der Waals surface area contributed by atoms with Crippen LogP contribution in [0.5, 0.6) is 0 Å². The highest BCUT2D eigenvalue weighted by Gasteiger charge is 2.27. The number of anilines is 1. The van der Waals surface area contributed by atoms with Crippen LogP contribution in [0.15, 0.2) is 60.0 Å². The van der Waals surface area contributed by atoms with E-state index in [1.165, 1.54) is 17.0 Å². The summed E-state index contributed by atoms with van der Waals surface area (Å²) in [5.74, 6) is -0.571. The zero-order valence-corrected chi connectivity index (χ0v) is 21.8. The summed E-state index contributed by atoms with van der Waals surface area (Å²) in [4.78, 5) is 30.9. The standard InChI is InChI=1S/C26H26Cl2FN3O3S/c27-19-7-10-24(23(28)13-19)30-26(34)32(15-21-3-1-11-35-21)17-25(33)31(16-22-4-2-12-36-22)14-18-5-8-20(29)9-6-18/h2,4-10,12-13,21H,1,3,11,14-17H2,(H,30,34). The third kappa shape index (κ3) is 7.43. The van der Waals surface area contributed by atoms with Crippen molar-refractivity contribution < 1.29 is 18.7 Å². The van der Waals surface area contributed by atoms with E-state index in [9.17, 15) is 14.0 Å². The van der Waals surface area contributed by atoms with E-state index in [-0.39, 0.29) is 37.5 Å². The third-order valence-electron chi connectivity index (χ3n) is 5.80. The number of ether oxygens (including phenoxy) is 1. The van der Waals surface area contributed by atoms with Gasteiger partial charge in [0.15, 0.2) is 0 Å². The largest absolute Gasteiger partial charge is 0.376 e. The molecular formula is C26H26Cl2FN3O3S. The molecule has 1 aromatic heterocycles. The number of urea groups is 1. The van der Waals surface area contributed by atoms with Crippen molar-refractivity contribution in [2.45, 2.75) is 32.0 Å². The van der Waals surface area contributed by atoms with Gasteiger partial charge in [0.1, 0.15) is 12.4 Å². The van der Waals surface area contributed by atoms with Crippen molar-refractivity contribution in [2.24, 2.45) is 0 Å². The van der Waals surface area contributed by atoms with Crippen LogP contribution in [0, 0.1) is 5.82 Å². The molecule has 1 N–H and O–H groups in total. The molecular weight excluding hydrogens is 524 g/mol. The lowest BCUT2D eigenvalue weighted by molar-refractivity contribution is -0.133. The van der Waals surface area contributed by atoms with E-state index in [0.717, 1.165) is 23.3 Å². The Labute approximate surface area is 223 Å². The second-order valence-corrected chi connectivity index (χ2v) is 10.4. The molecule has 0 aliphatic carbocycles. The number of nitrogens with zero attached hydrogens (tertiary/aromatic N) is 2. The Bertz CT molecular complexity index is 1170. The number of carbonyl (C=O) groups excluding carboxylic acids is 2. The Hall–Kier alpha value is -2.65. The number of amides is 3. The van der Waals surface area contributed by atoms with E-state index in [4.69, 9.17) is 27.9 Å². The lowest BCUT2D eigenvalue weighted by Crippen LogP contribution is -2.46. The number of rotatable bonds is 9. The minimum atomic E-state index is -0.457. The Morgan fingerprint density at radius 2 is 1.89 bits per heavy atom. The van der Waals surface area contributed by atoms with Gasteiger partial charge in [-0.1, -0.05) is 41.4 Å². The molecule has 10 heteroatoms. The molecule has 1 saturated heterocycles. The molecule has 190 valence electrons. The average Bonchev–Trinajstić information content (AvgIpc) is 3.56. The van der Waals surface area contributed by atoms with Gasteiger partial charge in [-0.2, -0.15) is 0 Å². The number of halogens is 3. The van der Waals surface area contributed by atoms with Gasteiger partial charge in [0.25, 0.3) is 0 Å². The van der Waals surface area contributed by atoms with Gasteiger partial charge in [-0.3, -0.25) is 4.79 Å². The van der Waals surface area contributed by atoms with Crippen LogP contribution in [-0.4, -0.2) is 47.5 Å². The Kier molecular flexibility index (Phi) is 9.20. The zero-order chi connectivity index (χ0) is 25.5. The van der Waals surface area contributed by atoms with Crippen molar-refractivity contribution >= 4 is 52.2 Å². The number of benzene rings is 2. The fraction of sp³-hybridized carbons (Fsp3) is 0.308. The summed E-state index contributed by atoms with van der Waals surface area (Å²) in [6.07, 6.45) is 1.58. The van der Waals surface area contributed by atoms with E-state index < -0.39 is 6.03 Å². The minimum Gasteiger partial charge on any atom is -0.376 e. The van der Waals surface area contributed by atoms with Gasteiger partial charge in [0.05, 0.1) is 23.4 Å². The van der Waals surface area contributed by atoms with Crippen molar-refractivity contribution in [3.05, 3.63) is 86.3 Å². The van der Waals surface area contributed by atoms with E-state index >= 15 is 0 Å². The highest BCUT2D eigenvalue weighted by Crippen LogP contribution is 2.26. The molecule has 6 nitrogen and oxygen atoms in total. The van der Waals surface area contributed by atoms with Gasteiger partial charge < -0.3 is 19.9 Å². The fourth-order valence-electron chi connectivity index (χ4n) is 3.93. The van der Waals surface area contributed by atoms with Gasteiger partial charge in [-0.05, 0) is 60.2 Å². The van der Waals surface area contributed by atoms with Crippen LogP contribution in [0.25, 0.3) is 0 Å². The highest BCUT2D eigenvalue weighted by molar-refractivity contribution is 7.09. The van der Waals surface area contributed by atoms with Crippen LogP contribution in [-0.2, 0) is 22.6 Å². The highest BCUT2D eigenvalue weighted by atomic mass is 35.5. The van der Waals surface area contributed by atoms with E-state index in [1.807, 2.05) is 17.5 Å². The van der Waals surface area contributed by atoms with Crippen molar-refractivity contribution in [2.75, 3.05) is 25.0 Å². The number of carbonyl (C=O) groups is 2. The van der Waals surface area contributed by atoms with Crippen molar-refractivity contribution in [3.8, 4) is 0 Å². The first-order chi connectivity index (χ1) is 17.4. The minimum absolute atomic E-state index is 0.146. The van der Waals surface area contributed by atoms with Gasteiger partial charge in [0, 0.05) is 29.6 Å². The molecule has 1 aliphatic rings. The van der Waals surface area contributed by atoms with E-state index in [1.54, 1.807) is 46.6 Å². The molecule has 0 radical (unpaired) electrons. The summed E-state index contributed by atoms with van der Waals surface area (Å²) in [6, 6.07) is 14.3. The van der Waals surface area contributed by atoms with E-state index in [0.29, 0.717) is 28.9 Å². The lowest BCUT2D eigenvalue weighted by Gasteiger charge is -2.29. The van der Waals surface area contributed by atoms with Gasteiger partial charge >= 0.3 is 6.03 Å². The van der Waals surface area contributed by atoms with Gasteiger partial charge in [0.2, 0.25) is 5.91 Å². The van der Waals surface area contributed by atoms with Crippen LogP contribution in [0.2, 0.25) is 10.0 Å². The predicted octanol–water partition coefficient (Wildman–Crippen LogP) is 6.44. The Morgan fingerprint density at radius 1 is 1.08 bits per heavy atom. The normalized spacial score (nSPS) is 15.0. The van der Waals surface area contributed by atoms with Crippen LogP contribution in [0.3, 0.4) is 0 Å². The molecule has 36 heavy (non-hydrogen) atoms. The first kappa shape index (κ1) is 26.4. The third-order valence-corrected chi connectivity index (χ3v) is 7.21. The van der Waals surface area contributed by atoms with Crippen LogP contribution in [0.4, 0.5) is 14.9 Å². The zero-order valence-electron chi connectivity index (χ0n) is 19.5. The lowest BCUT2D eigenvalue weighted by atomic mass is 10.2. The quantitative estimate of drug-likeness (QED) is 0.334. The predicted molar refractivity (Wildman–Crippen MR) is 141 cm³/mol. The average molecular weight is 550 g/mol. The van der Waals surface area contributed by atoms with Crippen molar-refractivity contribution in [1.82, 2.24) is 9.80 Å². The van der Waals surface area contributed by atoms with Crippen molar-refractivity contribution in [1.29, 1.82) is 0 Å². The second kappa shape index (κ2) is 12.5. The molecule has 3 amide bonds. The van der Waals surface area contributed by atoms with E-state index in [2.05, 4.69) is 5.32 Å². The first-order valence-electron chi connectivity index (χ1n) is 11.5. The first-order valence-corrected chi connectivity index (χ1v) is 13.2. The molecule has 0 saturated carbocycles. The summed E-state index contributed by atoms with van der Waals surface area (Å²) < 4.78 is 19.1. The molecule has 0 bridgehead atoms. The summed E-state index contributed by atoms with van der Waals surface area (Å²) in [6.45, 7) is 1.42. The summed E-state index contributed by atoms with van der Waals surface area (Å²) >= 11 is 13.8. The molecule has 1 atom stereocenters. The number of nitrogens with one attached hydrogen (secondary N) is 1. The summed E-state index contributed by atoms with van der Waals surface area (Å²) in [5, 5.41) is 5.49. The molecule has 2 heterocycles. The number of hydrogen-bond donors (Lipinski definition) is 1. The SMILES string of the molecule is O=C(CN(CC1CCCO1)C(=O)Nc1ccc(Cl)cc1Cl)N(Cc1ccc(F)cc1)Cc1cccs1.